The molecule has 0 N–H and O–H groups in total. The number of unbranched alkanes of at least 4 members (excludes halogenated alkanes) is 3. The van der Waals surface area contributed by atoms with Gasteiger partial charge in [-0.1, -0.05) is 12.8 Å². The van der Waals surface area contributed by atoms with E-state index in [0.717, 1.165) is 51.2 Å². The van der Waals surface area contributed by atoms with Gasteiger partial charge in [0.1, 0.15) is 0 Å². The molecular weight excluding hydrogens is 680 g/mol. The van der Waals surface area contributed by atoms with Gasteiger partial charge in [0.25, 0.3) is 0 Å². The van der Waals surface area contributed by atoms with Gasteiger partial charge in [0.05, 0.1) is 159 Å². The number of rotatable bonds is 43. The Morgan fingerprint density at radius 2 is 0.640 bits per heavy atom. The van der Waals surface area contributed by atoms with Crippen molar-refractivity contribution in [1.29, 1.82) is 0 Å². The van der Waals surface area contributed by atoms with Gasteiger partial charge < -0.3 is 66.3 Å². The van der Waals surface area contributed by atoms with Crippen molar-refractivity contribution >= 4 is 11.6 Å². The third kappa shape index (κ3) is 38.9. The monoisotopic (exact) mass is 748 g/mol. The zero-order valence-corrected chi connectivity index (χ0v) is 31.5. The maximum atomic E-state index is 5.66. The molecule has 0 aromatic heterocycles. The third-order valence-electron chi connectivity index (χ3n) is 6.93. The minimum absolute atomic E-state index is 0.0666. The molecule has 0 radical (unpaired) electrons. The van der Waals surface area contributed by atoms with Crippen LogP contribution < -0.4 is 0 Å². The molecule has 300 valence electrons. The van der Waals surface area contributed by atoms with Gasteiger partial charge in [0.2, 0.25) is 0 Å². The summed E-state index contributed by atoms with van der Waals surface area (Å²) in [5.74, 6) is 0.743. The molecular formula is C35H69ClO14. The minimum atomic E-state index is -0.0666. The van der Waals surface area contributed by atoms with Gasteiger partial charge >= 0.3 is 0 Å². The van der Waals surface area contributed by atoms with Crippen molar-refractivity contribution < 1.29 is 66.3 Å². The fraction of sp³-hybridized carbons (Fsp3) is 1.00. The summed E-state index contributed by atoms with van der Waals surface area (Å²) in [6, 6.07) is 0. The van der Waals surface area contributed by atoms with Crippen molar-refractivity contribution in [3.63, 3.8) is 0 Å². The highest BCUT2D eigenvalue weighted by molar-refractivity contribution is 6.17. The molecule has 1 unspecified atom stereocenters. The Morgan fingerprint density at radius 1 is 0.340 bits per heavy atom. The van der Waals surface area contributed by atoms with Crippen LogP contribution in [0.2, 0.25) is 0 Å². The summed E-state index contributed by atoms with van der Waals surface area (Å²) in [7, 11) is 0. The first-order valence-corrected chi connectivity index (χ1v) is 19.2. The van der Waals surface area contributed by atoms with E-state index in [-0.39, 0.29) is 6.29 Å². The van der Waals surface area contributed by atoms with Crippen LogP contribution >= 0.6 is 11.6 Å². The van der Waals surface area contributed by atoms with Crippen LogP contribution in [-0.2, 0) is 66.3 Å². The smallest absolute Gasteiger partial charge is 0.157 e. The Kier molecular flexibility index (Phi) is 41.2. The number of alkyl halides is 1. The Labute approximate surface area is 306 Å². The van der Waals surface area contributed by atoms with Gasteiger partial charge in [0.15, 0.2) is 6.29 Å². The molecule has 1 fully saturated rings. The first-order valence-electron chi connectivity index (χ1n) is 18.7. The molecule has 0 spiro atoms. The summed E-state index contributed by atoms with van der Waals surface area (Å²) in [4.78, 5) is 0. The Bertz CT molecular complexity index is 622. The summed E-state index contributed by atoms with van der Waals surface area (Å²) in [5.41, 5.74) is 0. The van der Waals surface area contributed by atoms with Crippen molar-refractivity contribution in [2.24, 2.45) is 0 Å². The van der Waals surface area contributed by atoms with Crippen molar-refractivity contribution in [3.05, 3.63) is 0 Å². The predicted octanol–water partition coefficient (Wildman–Crippen LogP) is 3.53. The van der Waals surface area contributed by atoms with Crippen LogP contribution in [0, 0.1) is 0 Å². The SMILES string of the molecule is ClCCCCCCOCCOCCOCCOCCOCCOCCOCCOCCOCCOCCOCCOCCOC1CCCCO1. The zero-order chi connectivity index (χ0) is 35.5. The number of halogens is 1. The van der Waals surface area contributed by atoms with Gasteiger partial charge in [-0.2, -0.15) is 0 Å². The van der Waals surface area contributed by atoms with E-state index in [9.17, 15) is 0 Å². The predicted molar refractivity (Wildman–Crippen MR) is 189 cm³/mol. The van der Waals surface area contributed by atoms with Crippen molar-refractivity contribution in [3.8, 4) is 0 Å². The van der Waals surface area contributed by atoms with Crippen LogP contribution in [0.3, 0.4) is 0 Å². The fourth-order valence-electron chi connectivity index (χ4n) is 4.25. The maximum absolute atomic E-state index is 5.66. The molecule has 1 atom stereocenters. The van der Waals surface area contributed by atoms with E-state index < -0.39 is 0 Å². The minimum Gasteiger partial charge on any atom is -0.379 e. The Morgan fingerprint density at radius 3 is 0.940 bits per heavy atom. The molecule has 1 saturated heterocycles. The van der Waals surface area contributed by atoms with E-state index in [1.54, 1.807) is 0 Å². The van der Waals surface area contributed by atoms with Crippen molar-refractivity contribution in [2.45, 2.75) is 51.2 Å². The van der Waals surface area contributed by atoms with Gasteiger partial charge in [-0.05, 0) is 32.1 Å². The molecule has 0 saturated carbocycles. The van der Waals surface area contributed by atoms with Crippen molar-refractivity contribution in [1.82, 2.24) is 0 Å². The second-order valence-electron chi connectivity index (χ2n) is 11.1. The highest BCUT2D eigenvalue weighted by Crippen LogP contribution is 2.13. The number of ether oxygens (including phenoxy) is 14. The van der Waals surface area contributed by atoms with E-state index in [1.807, 2.05) is 0 Å². The third-order valence-corrected chi connectivity index (χ3v) is 7.20. The quantitative estimate of drug-likeness (QED) is 0.0666. The average molecular weight is 749 g/mol. The molecule has 1 aliphatic heterocycles. The standard InChI is InChI=1S/C35H69ClO14/c36-8-4-1-2-5-9-37-11-12-38-13-14-39-15-16-40-17-18-41-19-20-42-21-22-43-23-24-44-25-26-45-27-28-46-29-30-47-31-32-48-33-34-50-35-7-3-6-10-49-35/h35H,1-34H2. The van der Waals surface area contributed by atoms with Crippen LogP contribution in [0.15, 0.2) is 0 Å². The van der Waals surface area contributed by atoms with Crippen LogP contribution in [0.1, 0.15) is 44.9 Å². The number of hydrogen-bond donors (Lipinski definition) is 0. The zero-order valence-electron chi connectivity index (χ0n) is 30.7. The van der Waals surface area contributed by atoms with Gasteiger partial charge in [0, 0.05) is 19.1 Å². The van der Waals surface area contributed by atoms with Gasteiger partial charge in [-0.3, -0.25) is 0 Å². The van der Waals surface area contributed by atoms with Gasteiger partial charge in [-0.25, -0.2) is 0 Å². The van der Waals surface area contributed by atoms with Crippen LogP contribution in [0.25, 0.3) is 0 Å². The lowest BCUT2D eigenvalue weighted by molar-refractivity contribution is -0.169. The first-order chi connectivity index (χ1) is 24.9. The molecule has 0 aromatic carbocycles. The lowest BCUT2D eigenvalue weighted by Crippen LogP contribution is -2.24. The molecule has 15 heteroatoms. The summed E-state index contributed by atoms with van der Waals surface area (Å²) >= 11 is 5.66. The van der Waals surface area contributed by atoms with E-state index in [2.05, 4.69) is 0 Å². The maximum Gasteiger partial charge on any atom is 0.157 e. The molecule has 50 heavy (non-hydrogen) atoms. The topological polar surface area (TPSA) is 129 Å². The van der Waals surface area contributed by atoms with Crippen LogP contribution in [0.5, 0.6) is 0 Å². The second kappa shape index (κ2) is 43.1. The summed E-state index contributed by atoms with van der Waals surface area (Å²) in [6.07, 6.45) is 7.69. The van der Waals surface area contributed by atoms with Gasteiger partial charge in [-0.15, -0.1) is 11.6 Å². The first kappa shape index (κ1) is 47.8. The summed E-state index contributed by atoms with van der Waals surface area (Å²) in [5, 5.41) is 0. The van der Waals surface area contributed by atoms with Crippen LogP contribution in [-0.4, -0.2) is 184 Å². The highest BCUT2D eigenvalue weighted by atomic mass is 35.5. The lowest BCUT2D eigenvalue weighted by atomic mass is 10.2. The fourth-order valence-corrected chi connectivity index (χ4v) is 4.44. The molecule has 14 nitrogen and oxygen atoms in total. The lowest BCUT2D eigenvalue weighted by Gasteiger charge is -2.22. The van der Waals surface area contributed by atoms with E-state index in [0.29, 0.717) is 159 Å². The molecule has 0 aromatic rings. The molecule has 0 amide bonds. The molecule has 1 rings (SSSR count). The Hall–Kier alpha value is -0.270. The molecule has 1 aliphatic rings. The number of hydrogen-bond acceptors (Lipinski definition) is 14. The molecule has 1 heterocycles. The second-order valence-corrected chi connectivity index (χ2v) is 11.5. The molecule has 0 bridgehead atoms. The Balaban J connectivity index is 1.59. The molecule has 0 aliphatic carbocycles. The van der Waals surface area contributed by atoms with E-state index >= 15 is 0 Å². The van der Waals surface area contributed by atoms with Crippen molar-refractivity contribution in [2.75, 3.05) is 178 Å². The van der Waals surface area contributed by atoms with E-state index in [4.69, 9.17) is 77.9 Å². The highest BCUT2D eigenvalue weighted by Gasteiger charge is 2.13. The summed E-state index contributed by atoms with van der Waals surface area (Å²) < 4.78 is 77.1. The summed E-state index contributed by atoms with van der Waals surface area (Å²) in [6.45, 7) is 14.3. The largest absolute Gasteiger partial charge is 0.379 e. The van der Waals surface area contributed by atoms with Crippen LogP contribution in [0.4, 0.5) is 0 Å². The van der Waals surface area contributed by atoms with E-state index in [1.165, 1.54) is 12.8 Å². The average Bonchev–Trinajstić information content (AvgIpc) is 3.14. The normalized spacial score (nSPS) is 14.9.